The van der Waals surface area contributed by atoms with Crippen LogP contribution in [0.5, 0.6) is 0 Å². The molecule has 0 saturated heterocycles. The van der Waals surface area contributed by atoms with E-state index in [-0.39, 0.29) is 28.5 Å². The number of pyridine rings is 1. The second kappa shape index (κ2) is 8.76. The highest BCUT2D eigenvalue weighted by Gasteiger charge is 2.36. The van der Waals surface area contributed by atoms with Crippen molar-refractivity contribution in [1.29, 1.82) is 0 Å². The maximum absolute atomic E-state index is 13.2. The van der Waals surface area contributed by atoms with Gasteiger partial charge in [-0.2, -0.15) is 0 Å². The number of ether oxygens (including phenoxy) is 1. The zero-order valence-corrected chi connectivity index (χ0v) is 20.5. The Hall–Kier alpha value is -3.38. The lowest BCUT2D eigenvalue weighted by molar-refractivity contribution is -0.156. The molecule has 0 radical (unpaired) electrons. The molecule has 4 rings (SSSR count). The zero-order valence-electron chi connectivity index (χ0n) is 19.7. The van der Waals surface area contributed by atoms with Crippen LogP contribution in [-0.4, -0.2) is 42.0 Å². The van der Waals surface area contributed by atoms with Gasteiger partial charge in [0.2, 0.25) is 5.69 Å². The molecule has 0 amide bonds. The number of anilines is 1. The number of esters is 1. The van der Waals surface area contributed by atoms with Gasteiger partial charge in [-0.05, 0) is 57.7 Å². The second-order valence-electron chi connectivity index (χ2n) is 9.66. The molecule has 1 fully saturated rings. The smallest absolute Gasteiger partial charge is 0.306 e. The van der Waals surface area contributed by atoms with Crippen LogP contribution in [0.15, 0.2) is 53.7 Å². The van der Waals surface area contributed by atoms with Crippen molar-refractivity contribution in [3.63, 3.8) is 0 Å². The first-order valence-electron chi connectivity index (χ1n) is 11.1. The van der Waals surface area contributed by atoms with E-state index in [1.165, 1.54) is 12.4 Å². The monoisotopic (exact) mass is 480 g/mol. The SMILES string of the molecule is [C-]#[N+]c1cnc2c(ccn2S(=O)(=O)c2ccccc2)c1N(C)C1CC(CC(=O)OC(C)(C)C)C1. The lowest BCUT2D eigenvalue weighted by Crippen LogP contribution is -2.43. The van der Waals surface area contributed by atoms with Gasteiger partial charge in [0.05, 0.1) is 17.2 Å². The van der Waals surface area contributed by atoms with Crippen molar-refractivity contribution in [2.24, 2.45) is 5.92 Å². The number of fused-ring (bicyclic) bond motifs is 1. The summed E-state index contributed by atoms with van der Waals surface area (Å²) in [5.41, 5.74) is 0.795. The topological polar surface area (TPSA) is 85.9 Å². The van der Waals surface area contributed by atoms with Crippen LogP contribution >= 0.6 is 0 Å². The molecule has 0 bridgehead atoms. The molecule has 3 aromatic rings. The number of carbonyl (C=O) groups excluding carboxylic acids is 1. The molecule has 1 aromatic carbocycles. The molecule has 1 aliphatic carbocycles. The summed E-state index contributed by atoms with van der Waals surface area (Å²) in [5.74, 6) is 0.0222. The van der Waals surface area contributed by atoms with Crippen molar-refractivity contribution < 1.29 is 17.9 Å². The first kappa shape index (κ1) is 23.8. The van der Waals surface area contributed by atoms with Gasteiger partial charge in [0.15, 0.2) is 5.65 Å². The lowest BCUT2D eigenvalue weighted by atomic mass is 9.77. The van der Waals surface area contributed by atoms with Crippen LogP contribution in [0.3, 0.4) is 0 Å². The van der Waals surface area contributed by atoms with Crippen LogP contribution in [0.2, 0.25) is 0 Å². The van der Waals surface area contributed by atoms with Gasteiger partial charge in [0.25, 0.3) is 10.0 Å². The standard InChI is InChI=1S/C25H28N4O4S/c1-25(2,3)33-22(30)15-17-13-18(14-17)28(5)23-20-11-12-29(24(20)27-16-21(23)26-4)34(31,32)19-9-7-6-8-10-19/h6-12,16-18H,13-15H2,1-3,5H3. The molecule has 0 N–H and O–H groups in total. The number of benzene rings is 1. The van der Waals surface area contributed by atoms with Crippen LogP contribution in [0.25, 0.3) is 15.9 Å². The van der Waals surface area contributed by atoms with Gasteiger partial charge >= 0.3 is 5.97 Å². The molecule has 1 saturated carbocycles. The minimum Gasteiger partial charge on any atom is -0.460 e. The molecular weight excluding hydrogens is 452 g/mol. The van der Waals surface area contributed by atoms with Crippen molar-refractivity contribution in [2.45, 2.75) is 56.6 Å². The Morgan fingerprint density at radius 3 is 2.53 bits per heavy atom. The summed E-state index contributed by atoms with van der Waals surface area (Å²) >= 11 is 0. The third-order valence-electron chi connectivity index (χ3n) is 6.04. The highest BCUT2D eigenvalue weighted by atomic mass is 32.2. The summed E-state index contributed by atoms with van der Waals surface area (Å²) in [5, 5.41) is 0.603. The normalized spacial score (nSPS) is 18.2. The summed E-state index contributed by atoms with van der Waals surface area (Å²) in [6, 6.07) is 10.0. The van der Waals surface area contributed by atoms with E-state index in [2.05, 4.69) is 9.83 Å². The first-order valence-corrected chi connectivity index (χ1v) is 12.6. The van der Waals surface area contributed by atoms with Gasteiger partial charge in [-0.1, -0.05) is 18.2 Å². The zero-order chi connectivity index (χ0) is 24.7. The van der Waals surface area contributed by atoms with E-state index in [0.717, 1.165) is 16.8 Å². The molecule has 178 valence electrons. The Balaban J connectivity index is 1.60. The largest absolute Gasteiger partial charge is 0.460 e. The molecule has 0 unspecified atom stereocenters. The Labute approximate surface area is 200 Å². The van der Waals surface area contributed by atoms with E-state index in [1.54, 1.807) is 36.4 Å². The van der Waals surface area contributed by atoms with Crippen molar-refractivity contribution in [2.75, 3.05) is 11.9 Å². The highest BCUT2D eigenvalue weighted by Crippen LogP contribution is 2.42. The predicted molar refractivity (Wildman–Crippen MR) is 130 cm³/mol. The lowest BCUT2D eigenvalue weighted by Gasteiger charge is -2.43. The van der Waals surface area contributed by atoms with Crippen molar-refractivity contribution >= 4 is 38.4 Å². The molecule has 2 aromatic heterocycles. The second-order valence-corrected chi connectivity index (χ2v) is 11.5. The number of hydrogen-bond donors (Lipinski definition) is 0. The van der Waals surface area contributed by atoms with Crippen LogP contribution in [0.4, 0.5) is 11.4 Å². The Morgan fingerprint density at radius 2 is 1.91 bits per heavy atom. The fourth-order valence-electron chi connectivity index (χ4n) is 4.38. The molecule has 34 heavy (non-hydrogen) atoms. The maximum atomic E-state index is 13.2. The number of rotatable bonds is 6. The highest BCUT2D eigenvalue weighted by molar-refractivity contribution is 7.90. The molecule has 9 heteroatoms. The van der Waals surface area contributed by atoms with Gasteiger partial charge < -0.3 is 9.64 Å². The van der Waals surface area contributed by atoms with Crippen molar-refractivity contribution in [3.05, 3.63) is 60.2 Å². The van der Waals surface area contributed by atoms with E-state index in [4.69, 9.17) is 11.3 Å². The van der Waals surface area contributed by atoms with Crippen molar-refractivity contribution in [3.8, 4) is 0 Å². The minimum atomic E-state index is -3.83. The molecule has 2 heterocycles. The van der Waals surface area contributed by atoms with Gasteiger partial charge in [-0.25, -0.2) is 22.2 Å². The molecule has 1 aliphatic rings. The van der Waals surface area contributed by atoms with Crippen molar-refractivity contribution in [1.82, 2.24) is 8.96 Å². The van der Waals surface area contributed by atoms with Gasteiger partial charge in [-0.15, -0.1) is 0 Å². The summed E-state index contributed by atoms with van der Waals surface area (Å²) in [6.45, 7) is 13.2. The first-order chi connectivity index (χ1) is 16.0. The van der Waals surface area contributed by atoms with Crippen LogP contribution < -0.4 is 4.90 Å². The third kappa shape index (κ3) is 4.50. The van der Waals surface area contributed by atoms with Gasteiger partial charge in [0.1, 0.15) is 5.60 Å². The maximum Gasteiger partial charge on any atom is 0.306 e. The molecule has 0 atom stereocenters. The molecule has 0 spiro atoms. The van der Waals surface area contributed by atoms with E-state index < -0.39 is 15.6 Å². The summed E-state index contributed by atoms with van der Waals surface area (Å²) in [6.07, 6.45) is 4.86. The number of hydrogen-bond acceptors (Lipinski definition) is 6. The average Bonchev–Trinajstić information content (AvgIpc) is 3.19. The van der Waals surface area contributed by atoms with E-state index in [1.807, 2.05) is 32.7 Å². The molecular formula is C25H28N4O4S. The van der Waals surface area contributed by atoms with E-state index >= 15 is 0 Å². The fourth-order valence-corrected chi connectivity index (χ4v) is 5.70. The number of aromatic nitrogens is 2. The number of carbonyl (C=O) groups is 1. The van der Waals surface area contributed by atoms with Gasteiger partial charge in [-0.3, -0.25) is 4.79 Å². The summed E-state index contributed by atoms with van der Waals surface area (Å²) in [7, 11) is -1.92. The van der Waals surface area contributed by atoms with E-state index in [0.29, 0.717) is 23.2 Å². The Bertz CT molecular complexity index is 1360. The predicted octanol–water partition coefficient (Wildman–Crippen LogP) is 4.77. The summed E-state index contributed by atoms with van der Waals surface area (Å²) in [4.78, 5) is 22.3. The molecule has 8 nitrogen and oxygen atoms in total. The molecule has 0 aliphatic heterocycles. The Kier molecular flexibility index (Phi) is 6.13. The average molecular weight is 481 g/mol. The number of nitrogens with zero attached hydrogens (tertiary/aromatic N) is 4. The van der Waals surface area contributed by atoms with E-state index in [9.17, 15) is 13.2 Å². The van der Waals surface area contributed by atoms with Gasteiger partial charge in [0, 0.05) is 37.3 Å². The fraction of sp³-hybridized carbons (Fsp3) is 0.400. The Morgan fingerprint density at radius 1 is 1.24 bits per heavy atom. The minimum absolute atomic E-state index is 0.132. The van der Waals surface area contributed by atoms with Crippen LogP contribution in [0, 0.1) is 12.5 Å². The quantitative estimate of drug-likeness (QED) is 0.373. The third-order valence-corrected chi connectivity index (χ3v) is 7.72. The van der Waals surface area contributed by atoms with Crippen LogP contribution in [-0.2, 0) is 19.6 Å². The van der Waals surface area contributed by atoms with Crippen LogP contribution in [0.1, 0.15) is 40.0 Å². The summed E-state index contributed by atoms with van der Waals surface area (Å²) < 4.78 is 33.0.